The molecule has 0 unspecified atom stereocenters. The van der Waals surface area contributed by atoms with Crippen molar-refractivity contribution >= 4 is 10.1 Å². The summed E-state index contributed by atoms with van der Waals surface area (Å²) in [7, 11) is -3.77. The maximum Gasteiger partial charge on any atom is 0.297 e. The average molecular weight is 609 g/mol. The minimum atomic E-state index is -3.77. The van der Waals surface area contributed by atoms with E-state index in [1.807, 2.05) is 6.92 Å². The Morgan fingerprint density at radius 3 is 1.12 bits per heavy atom. The highest BCUT2D eigenvalue weighted by atomic mass is 32.2. The third-order valence-electron chi connectivity index (χ3n) is 4.99. The molecule has 0 aliphatic rings. The van der Waals surface area contributed by atoms with Gasteiger partial charge in [-0.3, -0.25) is 4.18 Å². The molecule has 0 aliphatic carbocycles. The van der Waals surface area contributed by atoms with E-state index in [-0.39, 0.29) is 18.1 Å². The molecule has 238 valence electrons. The van der Waals surface area contributed by atoms with Crippen LogP contribution in [0, 0.1) is 6.92 Å². The van der Waals surface area contributed by atoms with Crippen LogP contribution in [0.5, 0.6) is 0 Å². The topological polar surface area (TPSA) is 126 Å². The molecule has 1 aromatic rings. The molecular formula is C28H48O12S. The summed E-state index contributed by atoms with van der Waals surface area (Å²) >= 11 is 0. The van der Waals surface area contributed by atoms with Crippen LogP contribution in [0.1, 0.15) is 5.56 Å². The van der Waals surface area contributed by atoms with Gasteiger partial charge in [0.25, 0.3) is 10.1 Å². The molecule has 0 radical (unpaired) electrons. The van der Waals surface area contributed by atoms with Gasteiger partial charge in [-0.05, 0) is 19.1 Å². The molecule has 0 saturated heterocycles. The Balaban J connectivity index is 1.71. The molecule has 0 N–H and O–H groups in total. The Kier molecular flexibility index (Phi) is 25.0. The lowest BCUT2D eigenvalue weighted by Crippen LogP contribution is -2.15. The van der Waals surface area contributed by atoms with E-state index in [4.69, 9.17) is 46.8 Å². The molecule has 12 nitrogen and oxygen atoms in total. The summed E-state index contributed by atoms with van der Waals surface area (Å²) in [6.07, 6.45) is 1.70. The van der Waals surface area contributed by atoms with E-state index in [0.29, 0.717) is 112 Å². The first-order valence-corrected chi connectivity index (χ1v) is 15.2. The van der Waals surface area contributed by atoms with Gasteiger partial charge in [-0.2, -0.15) is 8.42 Å². The van der Waals surface area contributed by atoms with Gasteiger partial charge < -0.3 is 42.6 Å². The fraction of sp³-hybridized carbons (Fsp3) is 0.714. The van der Waals surface area contributed by atoms with Gasteiger partial charge in [-0.25, -0.2) is 0 Å². The van der Waals surface area contributed by atoms with E-state index in [0.717, 1.165) is 5.56 Å². The number of benzene rings is 1. The van der Waals surface area contributed by atoms with Gasteiger partial charge >= 0.3 is 0 Å². The fourth-order valence-corrected chi connectivity index (χ4v) is 3.79. The Labute approximate surface area is 245 Å². The van der Waals surface area contributed by atoms with Crippen molar-refractivity contribution in [3.63, 3.8) is 0 Å². The van der Waals surface area contributed by atoms with Gasteiger partial charge in [0, 0.05) is 0 Å². The molecular weight excluding hydrogens is 560 g/mol. The molecule has 1 rings (SSSR count). The molecule has 41 heavy (non-hydrogen) atoms. The maximum absolute atomic E-state index is 12.1. The highest BCUT2D eigenvalue weighted by Crippen LogP contribution is 2.12. The molecule has 0 spiro atoms. The lowest BCUT2D eigenvalue weighted by Gasteiger charge is -2.09. The van der Waals surface area contributed by atoms with Crippen LogP contribution in [-0.4, -0.2) is 134 Å². The van der Waals surface area contributed by atoms with E-state index in [2.05, 4.69) is 6.58 Å². The summed E-state index contributed by atoms with van der Waals surface area (Å²) in [5.74, 6) is 0. The predicted octanol–water partition coefficient (Wildman–Crippen LogP) is 2.04. The second-order valence-electron chi connectivity index (χ2n) is 8.35. The fourth-order valence-electron chi connectivity index (χ4n) is 2.90. The summed E-state index contributed by atoms with van der Waals surface area (Å²) in [5, 5.41) is 0. The second-order valence-corrected chi connectivity index (χ2v) is 9.97. The Hall–Kier alpha value is -1.49. The van der Waals surface area contributed by atoms with Crippen molar-refractivity contribution in [1.29, 1.82) is 0 Å². The smallest absolute Gasteiger partial charge is 0.297 e. The van der Waals surface area contributed by atoms with Crippen molar-refractivity contribution in [2.45, 2.75) is 11.8 Å². The lowest BCUT2D eigenvalue weighted by molar-refractivity contribution is -0.0250. The van der Waals surface area contributed by atoms with Gasteiger partial charge in [0.05, 0.1) is 130 Å². The van der Waals surface area contributed by atoms with Gasteiger partial charge in [-0.15, -0.1) is 6.58 Å². The van der Waals surface area contributed by atoms with Crippen LogP contribution in [0.2, 0.25) is 0 Å². The maximum atomic E-state index is 12.1. The summed E-state index contributed by atoms with van der Waals surface area (Å²) < 4.78 is 77.5. The summed E-state index contributed by atoms with van der Waals surface area (Å²) in [4.78, 5) is 0.129. The van der Waals surface area contributed by atoms with Crippen molar-refractivity contribution in [3.8, 4) is 0 Å². The zero-order chi connectivity index (χ0) is 29.7. The van der Waals surface area contributed by atoms with E-state index in [1.54, 1.807) is 18.2 Å². The van der Waals surface area contributed by atoms with Gasteiger partial charge in [-0.1, -0.05) is 23.8 Å². The van der Waals surface area contributed by atoms with E-state index >= 15 is 0 Å². The molecule has 0 atom stereocenters. The molecule has 0 fully saturated rings. The van der Waals surface area contributed by atoms with Crippen LogP contribution in [0.25, 0.3) is 0 Å². The standard InChI is InChI=1S/C28H48O12S/c1-3-8-31-9-10-32-11-12-33-13-14-34-15-16-35-17-18-36-19-20-37-21-22-38-23-24-39-25-26-40-41(29,30)28-6-4-27(2)5-7-28/h3-7H,1,8-26H2,2H3. The van der Waals surface area contributed by atoms with E-state index < -0.39 is 10.1 Å². The Morgan fingerprint density at radius 2 is 0.805 bits per heavy atom. The van der Waals surface area contributed by atoms with Crippen molar-refractivity contribution < 1.29 is 55.2 Å². The Morgan fingerprint density at radius 1 is 0.512 bits per heavy atom. The monoisotopic (exact) mass is 608 g/mol. The zero-order valence-electron chi connectivity index (χ0n) is 24.3. The van der Waals surface area contributed by atoms with Crippen molar-refractivity contribution in [2.24, 2.45) is 0 Å². The largest absolute Gasteiger partial charge is 0.377 e. The predicted molar refractivity (Wildman–Crippen MR) is 152 cm³/mol. The van der Waals surface area contributed by atoms with Crippen molar-refractivity contribution in [1.82, 2.24) is 0 Å². The molecule has 1 aromatic carbocycles. The Bertz CT molecular complexity index is 820. The van der Waals surface area contributed by atoms with Crippen LogP contribution in [0.15, 0.2) is 41.8 Å². The summed E-state index contributed by atoms with van der Waals surface area (Å²) in [6, 6.07) is 6.48. The highest BCUT2D eigenvalue weighted by molar-refractivity contribution is 7.86. The van der Waals surface area contributed by atoms with Crippen LogP contribution in [0.4, 0.5) is 0 Å². The van der Waals surface area contributed by atoms with Crippen molar-refractivity contribution in [2.75, 3.05) is 126 Å². The second kappa shape index (κ2) is 27.3. The molecule has 0 saturated carbocycles. The normalized spacial score (nSPS) is 11.7. The third kappa shape index (κ3) is 23.7. The SMILES string of the molecule is C=CCOCCOCCOCCOCCOCCOCCOCCOCCOCCOS(=O)(=O)c1ccc(C)cc1. The van der Waals surface area contributed by atoms with Crippen LogP contribution < -0.4 is 0 Å². The average Bonchev–Trinajstić information content (AvgIpc) is 2.96. The minimum Gasteiger partial charge on any atom is -0.377 e. The third-order valence-corrected chi connectivity index (χ3v) is 6.31. The minimum absolute atomic E-state index is 0.0565. The first kappa shape index (κ1) is 37.5. The van der Waals surface area contributed by atoms with E-state index in [1.165, 1.54) is 12.1 Å². The zero-order valence-corrected chi connectivity index (χ0v) is 25.2. The molecule has 0 aromatic heterocycles. The summed E-state index contributed by atoms with van der Waals surface area (Å²) in [6.45, 7) is 13.7. The number of hydrogen-bond acceptors (Lipinski definition) is 12. The van der Waals surface area contributed by atoms with Crippen LogP contribution in [-0.2, 0) is 56.9 Å². The first-order chi connectivity index (χ1) is 20.1. The van der Waals surface area contributed by atoms with Crippen LogP contribution in [0.3, 0.4) is 0 Å². The number of hydrogen-bond donors (Lipinski definition) is 0. The molecule has 13 heteroatoms. The number of rotatable bonds is 31. The first-order valence-electron chi connectivity index (χ1n) is 13.8. The molecule has 0 aliphatic heterocycles. The number of aryl methyl sites for hydroxylation is 1. The van der Waals surface area contributed by atoms with Crippen molar-refractivity contribution in [3.05, 3.63) is 42.5 Å². The highest BCUT2D eigenvalue weighted by Gasteiger charge is 2.14. The van der Waals surface area contributed by atoms with Gasteiger partial charge in [0.2, 0.25) is 0 Å². The molecule has 0 bridgehead atoms. The van der Waals surface area contributed by atoms with Gasteiger partial charge in [0.15, 0.2) is 0 Å². The summed E-state index contributed by atoms with van der Waals surface area (Å²) in [5.41, 5.74) is 0.976. The van der Waals surface area contributed by atoms with Crippen LogP contribution >= 0.6 is 0 Å². The van der Waals surface area contributed by atoms with Gasteiger partial charge in [0.1, 0.15) is 0 Å². The molecule has 0 amide bonds. The van der Waals surface area contributed by atoms with E-state index in [9.17, 15) is 8.42 Å². The quantitative estimate of drug-likeness (QED) is 0.0696. The number of ether oxygens (including phenoxy) is 9. The lowest BCUT2D eigenvalue weighted by atomic mass is 10.2. The molecule has 0 heterocycles.